The number of aromatic hydroxyl groups is 1. The Hall–Kier alpha value is -1.93. The highest BCUT2D eigenvalue weighted by Gasteiger charge is 2.24. The standard InChI is InChI=1S/C18H26N4O3S/c1-12(2)22-16-15(26-11-20-16)14(23)13(18(22)25)17(24)19-7-6-10-21-8-4-3-5-9-21/h11-12,23H,3-10H2,1-2H3,(H,19,24)/i1D3,2D3,3D2,4D2,5D2,7D,8D2,9D2,10D,11D,12D/hD2. The van der Waals surface area contributed by atoms with Gasteiger partial charge in [-0.3, -0.25) is 14.2 Å². The second-order valence-electron chi connectivity index (χ2n) is 4.65. The maximum atomic E-state index is 13.8. The molecule has 142 valence electrons. The maximum absolute atomic E-state index is 13.8. The van der Waals surface area contributed by atoms with E-state index in [1.807, 2.05) is 0 Å². The van der Waals surface area contributed by atoms with E-state index in [1.165, 1.54) is 0 Å². The molecule has 2 unspecified atom stereocenters. The molecule has 1 amide bonds. The number of carbonyl (C=O) groups excluding carboxylic acids is 1. The van der Waals surface area contributed by atoms with Gasteiger partial charge in [0.2, 0.25) is 0 Å². The summed E-state index contributed by atoms with van der Waals surface area (Å²) >= 11 is 0.243. The minimum atomic E-state index is -3.90. The molecule has 0 bridgehead atoms. The van der Waals surface area contributed by atoms with Gasteiger partial charge in [0.1, 0.15) is 10.3 Å². The summed E-state index contributed by atoms with van der Waals surface area (Å²) in [4.78, 5) is 30.5. The molecule has 2 aromatic rings. The second-order valence-corrected chi connectivity index (χ2v) is 5.45. The number of thiazole rings is 1. The third-order valence-electron chi connectivity index (χ3n) is 3.08. The molecule has 1 saturated heterocycles. The van der Waals surface area contributed by atoms with Gasteiger partial charge < -0.3 is 15.3 Å². The quantitative estimate of drug-likeness (QED) is 0.745. The molecule has 2 aromatic heterocycles. The molecule has 1 aliphatic rings. The number of likely N-dealkylation sites (tertiary alicyclic amines) is 1. The van der Waals surface area contributed by atoms with Crippen molar-refractivity contribution in [1.82, 2.24) is 19.8 Å². The smallest absolute Gasteiger partial charge is 0.293 e. The van der Waals surface area contributed by atoms with Crippen molar-refractivity contribution in [2.45, 2.75) is 45.3 Å². The highest BCUT2D eigenvalue weighted by molar-refractivity contribution is 7.17. The van der Waals surface area contributed by atoms with Gasteiger partial charge in [0, 0.05) is 37.2 Å². The lowest BCUT2D eigenvalue weighted by molar-refractivity contribution is 0.0946. The number of amides is 1. The largest absolute Gasteiger partial charge is 0.505 e. The van der Waals surface area contributed by atoms with Crippen LogP contribution in [0.25, 0.3) is 10.3 Å². The van der Waals surface area contributed by atoms with Gasteiger partial charge >= 0.3 is 0 Å². The van der Waals surface area contributed by atoms with E-state index in [4.69, 9.17) is 30.3 Å². The minimum absolute atomic E-state index is 0.243. The topological polar surface area (TPSA) is 87.5 Å². The number of piperidine rings is 1. The predicted octanol–water partition coefficient (Wildman–Crippen LogP) is 2.35. The molecule has 0 saturated carbocycles. The van der Waals surface area contributed by atoms with Gasteiger partial charge in [-0.1, -0.05) is 6.37 Å². The van der Waals surface area contributed by atoms with E-state index >= 15 is 0 Å². The number of fused-ring (bicyclic) bond motifs is 1. The summed E-state index contributed by atoms with van der Waals surface area (Å²) in [6.07, 6.45) is -12.8. The molecule has 1 fully saturated rings. The molecule has 2 atom stereocenters. The van der Waals surface area contributed by atoms with Crippen LogP contribution in [0, 0.1) is 0 Å². The van der Waals surface area contributed by atoms with Gasteiger partial charge in [0.25, 0.3) is 12.9 Å². The molecule has 1 aliphatic heterocycles. The number of pyridine rings is 1. The Kier molecular flexibility index (Phi) is 1.74. The van der Waals surface area contributed by atoms with Gasteiger partial charge in [-0.15, -0.1) is 11.3 Å². The monoisotopic (exact) mass is 400 g/mol. The van der Waals surface area contributed by atoms with E-state index in [1.54, 1.807) is 0 Å². The van der Waals surface area contributed by atoms with Crippen LogP contribution in [0.4, 0.5) is 0 Å². The summed E-state index contributed by atoms with van der Waals surface area (Å²) < 4.78 is 175. The molecule has 0 spiro atoms. The molecular formula is C18H26N4O3S. The Balaban J connectivity index is 2.19. The predicted molar refractivity (Wildman–Crippen MR) is 103 cm³/mol. The minimum Gasteiger partial charge on any atom is -0.505 e. The molecule has 8 heteroatoms. The zero-order chi connectivity index (χ0) is 37.8. The fourth-order valence-corrected chi connectivity index (χ4v) is 2.65. The summed E-state index contributed by atoms with van der Waals surface area (Å²) in [5.41, 5.74) is -5.16. The number of nitrogens with zero attached hydrogens (tertiary/aromatic N) is 3. The molecule has 3 rings (SSSR count). The average molecular weight is 401 g/mol. The van der Waals surface area contributed by atoms with E-state index in [0.717, 1.165) is 0 Å². The number of nitrogens with one attached hydrogen (secondary N) is 1. The molecule has 0 aliphatic carbocycles. The Morgan fingerprint density at radius 2 is 2.46 bits per heavy atom. The van der Waals surface area contributed by atoms with Gasteiger partial charge in [-0.25, -0.2) is 4.98 Å². The Labute approximate surface area is 187 Å². The van der Waals surface area contributed by atoms with Crippen molar-refractivity contribution in [3.63, 3.8) is 0 Å². The number of hydrogen-bond acceptors (Lipinski definition) is 6. The Morgan fingerprint density at radius 1 is 1.65 bits per heavy atom. The number of rotatable bonds is 7. The zero-order valence-electron chi connectivity index (χ0n) is 34.8. The van der Waals surface area contributed by atoms with Crippen LogP contribution < -0.4 is 10.9 Å². The van der Waals surface area contributed by atoms with Crippen LogP contribution in [0.2, 0.25) is 1.41 Å². The third-order valence-corrected chi connectivity index (χ3v) is 3.84. The summed E-state index contributed by atoms with van der Waals surface area (Å²) in [5.74, 6) is -3.04. The highest BCUT2D eigenvalue weighted by Crippen LogP contribution is 2.30. The lowest BCUT2D eigenvalue weighted by Gasteiger charge is -2.26. The van der Waals surface area contributed by atoms with Crippen molar-refractivity contribution in [2.24, 2.45) is 0 Å². The third kappa shape index (κ3) is 3.76. The van der Waals surface area contributed by atoms with Crippen molar-refractivity contribution >= 4 is 27.6 Å². The van der Waals surface area contributed by atoms with Crippen LogP contribution in [-0.2, 0) is 0 Å². The molecule has 7 nitrogen and oxygen atoms in total. The van der Waals surface area contributed by atoms with E-state index < -0.39 is 115 Å². The van der Waals surface area contributed by atoms with Crippen molar-refractivity contribution in [1.29, 1.82) is 1.43 Å². The first-order chi connectivity index (χ1) is 21.2. The molecule has 0 radical (unpaired) electrons. The Bertz CT molecular complexity index is 1610. The maximum Gasteiger partial charge on any atom is 0.293 e. The second kappa shape index (κ2) is 8.18. The van der Waals surface area contributed by atoms with Crippen LogP contribution in [0.1, 0.15) is 83.0 Å². The molecule has 0 aromatic carbocycles. The summed E-state index contributed by atoms with van der Waals surface area (Å²) in [7, 11) is 0. The first-order valence-electron chi connectivity index (χ1n) is 17.9. The van der Waals surface area contributed by atoms with E-state index in [9.17, 15) is 9.59 Å². The molecule has 26 heavy (non-hydrogen) atoms. The van der Waals surface area contributed by atoms with Crippen molar-refractivity contribution < 1.29 is 38.7 Å². The molecular weight excluding hydrogens is 352 g/mol. The van der Waals surface area contributed by atoms with Crippen LogP contribution >= 0.6 is 11.3 Å². The molecule has 3 heterocycles. The first-order valence-corrected chi connectivity index (χ1v) is 7.71. The lowest BCUT2D eigenvalue weighted by Crippen LogP contribution is -2.36. The summed E-state index contributed by atoms with van der Waals surface area (Å²) in [6, 6.07) is -3.90. The fourth-order valence-electron chi connectivity index (χ4n) is 2.00. The van der Waals surface area contributed by atoms with Gasteiger partial charge in [-0.2, -0.15) is 0 Å². The first kappa shape index (κ1) is 5.54. The van der Waals surface area contributed by atoms with Crippen molar-refractivity contribution in [2.75, 3.05) is 26.0 Å². The van der Waals surface area contributed by atoms with Crippen LogP contribution in [0.5, 0.6) is 5.75 Å². The number of carbonyl (C=O) groups is 1. The van der Waals surface area contributed by atoms with Gasteiger partial charge in [0.15, 0.2) is 12.8 Å². The highest BCUT2D eigenvalue weighted by atomic mass is 32.1. The fraction of sp³-hybridized carbons (Fsp3) is 0.611. The SMILES string of the molecule is [2H]Oc1c(C(=O)N([2H])C([2H])CC([2H])N2C([2H])([2H])C([2H])([2H])C([2H])([2H])C([2H])([2H])C2([2H])[2H])c(=O)n(C([2H])(C([2H])([2H])[2H])C([2H])([2H])[2H])c2nc([2H])sc12. The van der Waals surface area contributed by atoms with Crippen molar-refractivity contribution in [3.8, 4) is 5.75 Å². The summed E-state index contributed by atoms with van der Waals surface area (Å²) in [5, 5.41) is 3.94. The van der Waals surface area contributed by atoms with E-state index in [0.29, 0.717) is 0 Å². The van der Waals surface area contributed by atoms with Crippen LogP contribution in [-0.4, -0.2) is 52.9 Å². The average Bonchev–Trinajstić information content (AvgIpc) is 3.28. The van der Waals surface area contributed by atoms with E-state index in [2.05, 4.69) is 10.1 Å². The van der Waals surface area contributed by atoms with Crippen LogP contribution in [0.15, 0.2) is 10.3 Å². The number of hydrogen-bond donors (Lipinski definition) is 2. The number of aromatic nitrogens is 2. The van der Waals surface area contributed by atoms with E-state index in [-0.39, 0.29) is 20.8 Å². The normalized spacial score (nSPS) is 41.4. The van der Waals surface area contributed by atoms with Crippen molar-refractivity contribution in [3.05, 3.63) is 21.4 Å². The van der Waals surface area contributed by atoms with Gasteiger partial charge in [-0.05, 0) is 52.4 Å². The lowest BCUT2D eigenvalue weighted by atomic mass is 10.1. The zero-order valence-corrected chi connectivity index (χ0v) is 13.6. The summed E-state index contributed by atoms with van der Waals surface area (Å²) in [6.45, 7) is -20.3. The van der Waals surface area contributed by atoms with Gasteiger partial charge in [0.05, 0.1) is 8.23 Å². The Morgan fingerprint density at radius 3 is 3.19 bits per heavy atom. The van der Waals surface area contributed by atoms with Crippen LogP contribution in [0.3, 0.4) is 0 Å². The molecule has 2 N–H and O–H groups in total.